The highest BCUT2D eigenvalue weighted by atomic mass is 79.9. The van der Waals surface area contributed by atoms with Crippen molar-refractivity contribution in [2.24, 2.45) is 0 Å². The van der Waals surface area contributed by atoms with E-state index >= 15 is 0 Å². The molecule has 0 radical (unpaired) electrons. The Balaban J connectivity index is 0.00000363. The molecule has 0 aliphatic carbocycles. The Morgan fingerprint density at radius 2 is 1.41 bits per heavy atom. The highest BCUT2D eigenvalue weighted by molar-refractivity contribution is 6.40. The highest BCUT2D eigenvalue weighted by Gasteiger charge is 2.24. The molecule has 2 aromatic carbocycles. The minimum Gasteiger partial charge on any atom is -1.00 e. The lowest BCUT2D eigenvalue weighted by Crippen LogP contribution is -3.00. The van der Waals surface area contributed by atoms with Crippen LogP contribution < -0.4 is 21.5 Å². The maximum Gasteiger partial charge on any atom is 0.260 e. The standard InChI is InChI=1S/C27H37Cl2N2.BrH/c1-3-5-6-7-8-9-10-11-12-15-20-30-21-31(27(29)26(30)28)25-22(4-2)18-19-23-16-13-14-17-24(23)25;/h13-14,16-19,21H,3-12,15,20H2,1-2H3;1H/q+1;/p-1. The van der Waals surface area contributed by atoms with Gasteiger partial charge >= 0.3 is 0 Å². The largest absolute Gasteiger partial charge is 1.00 e. The third kappa shape index (κ3) is 6.98. The minimum absolute atomic E-state index is 0. The highest BCUT2D eigenvalue weighted by Crippen LogP contribution is 2.31. The van der Waals surface area contributed by atoms with Crippen LogP contribution >= 0.6 is 23.2 Å². The summed E-state index contributed by atoms with van der Waals surface area (Å²) in [5, 5.41) is 3.66. The zero-order chi connectivity index (χ0) is 22.1. The van der Waals surface area contributed by atoms with Crippen molar-refractivity contribution in [3.05, 3.63) is 58.6 Å². The summed E-state index contributed by atoms with van der Waals surface area (Å²) in [6, 6.07) is 12.9. The van der Waals surface area contributed by atoms with E-state index in [0.29, 0.717) is 10.3 Å². The van der Waals surface area contributed by atoms with Crippen LogP contribution in [0.2, 0.25) is 10.3 Å². The molecule has 0 fully saturated rings. The van der Waals surface area contributed by atoms with Crippen molar-refractivity contribution in [2.45, 2.75) is 91.0 Å². The van der Waals surface area contributed by atoms with Crippen LogP contribution in [0.15, 0.2) is 42.7 Å². The predicted molar refractivity (Wildman–Crippen MR) is 135 cm³/mol. The van der Waals surface area contributed by atoms with Crippen LogP contribution in [0.5, 0.6) is 0 Å². The molecule has 1 aromatic heterocycles. The van der Waals surface area contributed by atoms with Gasteiger partial charge in [-0.25, -0.2) is 4.57 Å². The Labute approximate surface area is 214 Å². The van der Waals surface area contributed by atoms with Gasteiger partial charge in [0.2, 0.25) is 0 Å². The van der Waals surface area contributed by atoms with Crippen LogP contribution in [0.1, 0.15) is 83.6 Å². The molecule has 0 N–H and O–H groups in total. The lowest BCUT2D eigenvalue weighted by Gasteiger charge is -2.09. The summed E-state index contributed by atoms with van der Waals surface area (Å²) >= 11 is 13.4. The summed E-state index contributed by atoms with van der Waals surface area (Å²) < 4.78 is 4.18. The molecule has 0 saturated carbocycles. The van der Waals surface area contributed by atoms with Gasteiger partial charge in [-0.2, -0.15) is 4.57 Å². The molecular weight excluding hydrogens is 503 g/mol. The first-order valence-corrected chi connectivity index (χ1v) is 12.9. The zero-order valence-corrected chi connectivity index (χ0v) is 22.7. The first kappa shape index (κ1) is 27.2. The van der Waals surface area contributed by atoms with Crippen molar-refractivity contribution in [1.29, 1.82) is 0 Å². The van der Waals surface area contributed by atoms with E-state index < -0.39 is 0 Å². The Bertz CT molecular complexity index is 968. The third-order valence-corrected chi connectivity index (χ3v) is 7.10. The van der Waals surface area contributed by atoms with E-state index in [9.17, 15) is 0 Å². The minimum atomic E-state index is 0. The molecule has 0 aliphatic rings. The zero-order valence-electron chi connectivity index (χ0n) is 19.6. The van der Waals surface area contributed by atoms with Crippen LogP contribution in [0, 0.1) is 0 Å². The lowest BCUT2D eigenvalue weighted by atomic mass is 10.0. The molecule has 3 rings (SSSR count). The fraction of sp³-hybridized carbons (Fsp3) is 0.519. The summed E-state index contributed by atoms with van der Waals surface area (Å²) in [6.07, 6.45) is 16.4. The number of nitrogens with zero attached hydrogens (tertiary/aromatic N) is 2. The second-order valence-corrected chi connectivity index (χ2v) is 9.31. The number of aryl methyl sites for hydroxylation is 2. The topological polar surface area (TPSA) is 8.81 Å². The van der Waals surface area contributed by atoms with E-state index in [2.05, 4.69) is 65.7 Å². The molecule has 0 amide bonds. The monoisotopic (exact) mass is 538 g/mol. The molecular formula is C27H37BrCl2N2. The summed E-state index contributed by atoms with van der Waals surface area (Å²) in [5.74, 6) is 0. The summed E-state index contributed by atoms with van der Waals surface area (Å²) in [4.78, 5) is 0. The quantitative estimate of drug-likeness (QED) is 0.194. The van der Waals surface area contributed by atoms with Gasteiger partial charge in [-0.05, 0) is 53.4 Å². The second kappa shape index (κ2) is 14.3. The molecule has 176 valence electrons. The number of hydrogen-bond donors (Lipinski definition) is 0. The van der Waals surface area contributed by atoms with Crippen LogP contribution in [-0.4, -0.2) is 4.57 Å². The van der Waals surface area contributed by atoms with E-state index in [4.69, 9.17) is 23.2 Å². The SMILES string of the molecule is CCCCCCCCCCCC[n+]1cn(-c2c(CC)ccc3ccccc23)c(Cl)c1Cl.[Br-]. The number of halogens is 3. The summed E-state index contributed by atoms with van der Waals surface area (Å²) in [5.41, 5.74) is 2.42. The first-order valence-electron chi connectivity index (χ1n) is 12.1. The number of benzene rings is 2. The van der Waals surface area contributed by atoms with Gasteiger partial charge in [-0.15, -0.1) is 0 Å². The first-order chi connectivity index (χ1) is 15.2. The van der Waals surface area contributed by atoms with Crippen molar-refractivity contribution in [3.8, 4) is 5.69 Å². The number of fused-ring (bicyclic) bond motifs is 1. The number of unbranched alkanes of at least 4 members (excludes halogenated alkanes) is 9. The van der Waals surface area contributed by atoms with Gasteiger partial charge in [-0.1, -0.05) is 102 Å². The van der Waals surface area contributed by atoms with Gasteiger partial charge in [0.25, 0.3) is 16.6 Å². The van der Waals surface area contributed by atoms with Crippen molar-refractivity contribution in [2.75, 3.05) is 0 Å². The lowest BCUT2D eigenvalue weighted by molar-refractivity contribution is -0.694. The summed E-state index contributed by atoms with van der Waals surface area (Å²) in [6.45, 7) is 5.37. The normalized spacial score (nSPS) is 11.1. The van der Waals surface area contributed by atoms with Crippen molar-refractivity contribution < 1.29 is 21.5 Å². The molecule has 5 heteroatoms. The maximum atomic E-state index is 6.72. The Kier molecular flexibility index (Phi) is 12.1. The number of rotatable bonds is 13. The predicted octanol–water partition coefficient (Wildman–Crippen LogP) is 5.71. The Morgan fingerprint density at radius 3 is 2.06 bits per heavy atom. The van der Waals surface area contributed by atoms with E-state index in [1.54, 1.807) is 0 Å². The van der Waals surface area contributed by atoms with E-state index in [1.165, 1.54) is 74.1 Å². The molecule has 3 aromatic rings. The van der Waals surface area contributed by atoms with Crippen molar-refractivity contribution >= 4 is 34.0 Å². The van der Waals surface area contributed by atoms with Crippen molar-refractivity contribution in [1.82, 2.24) is 4.57 Å². The van der Waals surface area contributed by atoms with E-state index in [1.807, 2.05) is 0 Å². The number of hydrogen-bond acceptors (Lipinski definition) is 0. The molecule has 2 nitrogen and oxygen atoms in total. The fourth-order valence-electron chi connectivity index (χ4n) is 4.41. The molecule has 0 spiro atoms. The fourth-order valence-corrected chi connectivity index (χ4v) is 4.87. The Hall–Kier alpha value is -1.03. The van der Waals surface area contributed by atoms with Gasteiger partial charge in [-0.3, -0.25) is 0 Å². The molecule has 1 heterocycles. The van der Waals surface area contributed by atoms with Crippen LogP contribution in [-0.2, 0) is 13.0 Å². The third-order valence-electron chi connectivity index (χ3n) is 6.25. The van der Waals surface area contributed by atoms with Gasteiger partial charge in [0.1, 0.15) is 5.69 Å². The van der Waals surface area contributed by atoms with Crippen LogP contribution in [0.25, 0.3) is 16.5 Å². The van der Waals surface area contributed by atoms with Gasteiger partial charge in [0, 0.05) is 5.39 Å². The average molecular weight is 540 g/mol. The number of imidazole rings is 1. The summed E-state index contributed by atoms with van der Waals surface area (Å²) in [7, 11) is 0. The molecule has 0 aliphatic heterocycles. The molecule has 32 heavy (non-hydrogen) atoms. The number of aromatic nitrogens is 2. The van der Waals surface area contributed by atoms with Gasteiger partial charge in [0.15, 0.2) is 0 Å². The molecule has 0 atom stereocenters. The smallest absolute Gasteiger partial charge is 0.260 e. The van der Waals surface area contributed by atoms with E-state index in [0.717, 1.165) is 25.1 Å². The van der Waals surface area contributed by atoms with Gasteiger partial charge < -0.3 is 17.0 Å². The van der Waals surface area contributed by atoms with Crippen LogP contribution in [0.3, 0.4) is 0 Å². The van der Waals surface area contributed by atoms with Crippen molar-refractivity contribution in [3.63, 3.8) is 0 Å². The van der Waals surface area contributed by atoms with E-state index in [-0.39, 0.29) is 17.0 Å². The Morgan fingerprint density at radius 1 is 0.781 bits per heavy atom. The maximum absolute atomic E-state index is 6.72. The van der Waals surface area contributed by atoms with Gasteiger partial charge in [0.05, 0.1) is 6.54 Å². The molecule has 0 unspecified atom stereocenters. The molecule has 0 saturated heterocycles. The van der Waals surface area contributed by atoms with Crippen LogP contribution in [0.4, 0.5) is 0 Å². The second-order valence-electron chi connectivity index (χ2n) is 8.59. The average Bonchev–Trinajstić information content (AvgIpc) is 3.07. The molecule has 0 bridgehead atoms.